The minimum Gasteiger partial charge on any atom is -0.316 e. The summed E-state index contributed by atoms with van der Waals surface area (Å²) in [4.78, 5) is 29.2. The summed E-state index contributed by atoms with van der Waals surface area (Å²) in [5.74, 6) is -0.177. The molecule has 5 heteroatoms. The number of carbonyl (C=O) groups is 2. The number of imide groups is 1. The van der Waals surface area contributed by atoms with Crippen LogP contribution in [0.15, 0.2) is 41.8 Å². The molecule has 2 amide bonds. The largest absolute Gasteiger partial charge is 0.316 e. The van der Waals surface area contributed by atoms with Crippen molar-refractivity contribution in [1.82, 2.24) is 10.2 Å². The average molecular weight is 369 g/mol. The summed E-state index contributed by atoms with van der Waals surface area (Å²) in [5.41, 5.74) is 1.67. The van der Waals surface area contributed by atoms with Crippen molar-refractivity contribution in [3.63, 3.8) is 0 Å². The second kappa shape index (κ2) is 7.72. The molecule has 1 unspecified atom stereocenters. The summed E-state index contributed by atoms with van der Waals surface area (Å²) in [7, 11) is 0. The lowest BCUT2D eigenvalue weighted by molar-refractivity contribution is -0.133. The van der Waals surface area contributed by atoms with Crippen LogP contribution in [-0.2, 0) is 11.2 Å². The second-order valence-corrected chi connectivity index (χ2v) is 8.23. The van der Waals surface area contributed by atoms with E-state index in [0.717, 1.165) is 44.2 Å². The van der Waals surface area contributed by atoms with Gasteiger partial charge in [-0.2, -0.15) is 0 Å². The number of piperidine rings is 1. The molecule has 26 heavy (non-hydrogen) atoms. The number of benzene rings is 1. The number of hydrogen-bond donors (Lipinski definition) is 1. The molecule has 4 rings (SSSR count). The molecule has 0 radical (unpaired) electrons. The van der Waals surface area contributed by atoms with Gasteiger partial charge in [-0.1, -0.05) is 24.3 Å². The van der Waals surface area contributed by atoms with Gasteiger partial charge in [0.1, 0.15) is 0 Å². The van der Waals surface area contributed by atoms with E-state index in [0.29, 0.717) is 12.1 Å². The van der Waals surface area contributed by atoms with Gasteiger partial charge in [0.05, 0.1) is 5.92 Å². The van der Waals surface area contributed by atoms with Gasteiger partial charge in [-0.05, 0) is 55.3 Å². The van der Waals surface area contributed by atoms with E-state index in [4.69, 9.17) is 0 Å². The molecule has 2 heterocycles. The highest BCUT2D eigenvalue weighted by atomic mass is 32.1. The van der Waals surface area contributed by atoms with Crippen LogP contribution >= 0.6 is 11.3 Å². The van der Waals surface area contributed by atoms with Gasteiger partial charge in [-0.25, -0.2) is 0 Å². The van der Waals surface area contributed by atoms with Crippen LogP contribution in [0.5, 0.6) is 0 Å². The van der Waals surface area contributed by atoms with Gasteiger partial charge in [-0.3, -0.25) is 14.5 Å². The Labute approximate surface area is 158 Å². The van der Waals surface area contributed by atoms with E-state index >= 15 is 0 Å². The van der Waals surface area contributed by atoms with Crippen molar-refractivity contribution in [2.45, 2.75) is 38.1 Å². The standard InChI is InChI=1S/C21H24N2O2S/c24-20(16-6-3-11-22-14-16)23(17-9-10-17)21(25)19-8-2-1-5-15(19)13-18-7-4-12-26-18/h1-2,4-5,7-8,12,16-17,22H,3,6,9-11,13-14H2. The molecular weight excluding hydrogens is 344 g/mol. The predicted octanol–water partition coefficient (Wildman–Crippen LogP) is 3.47. The third kappa shape index (κ3) is 3.74. The molecule has 1 N–H and O–H groups in total. The quantitative estimate of drug-likeness (QED) is 0.822. The Morgan fingerprint density at radius 3 is 2.65 bits per heavy atom. The molecule has 1 aromatic carbocycles. The van der Waals surface area contributed by atoms with E-state index in [9.17, 15) is 9.59 Å². The molecule has 1 aromatic heterocycles. The second-order valence-electron chi connectivity index (χ2n) is 7.20. The number of carbonyl (C=O) groups excluding carboxylic acids is 2. The fourth-order valence-electron chi connectivity index (χ4n) is 3.65. The van der Waals surface area contributed by atoms with Gasteiger partial charge in [0, 0.05) is 29.4 Å². The first-order valence-corrected chi connectivity index (χ1v) is 10.3. The monoisotopic (exact) mass is 368 g/mol. The fourth-order valence-corrected chi connectivity index (χ4v) is 4.38. The fraction of sp³-hybridized carbons (Fsp3) is 0.429. The summed E-state index contributed by atoms with van der Waals surface area (Å²) < 4.78 is 0. The molecule has 4 nitrogen and oxygen atoms in total. The van der Waals surface area contributed by atoms with Gasteiger partial charge >= 0.3 is 0 Å². The molecule has 136 valence electrons. The lowest BCUT2D eigenvalue weighted by atomic mass is 9.96. The molecule has 2 fully saturated rings. The smallest absolute Gasteiger partial charge is 0.261 e. The zero-order valence-electron chi connectivity index (χ0n) is 14.8. The number of thiophene rings is 1. The summed E-state index contributed by atoms with van der Waals surface area (Å²) in [6, 6.07) is 11.9. The van der Waals surface area contributed by atoms with Crippen LogP contribution in [0.25, 0.3) is 0 Å². The highest BCUT2D eigenvalue weighted by Crippen LogP contribution is 2.32. The van der Waals surface area contributed by atoms with Gasteiger partial charge in [0.25, 0.3) is 5.91 Å². The normalized spacial score (nSPS) is 19.9. The highest BCUT2D eigenvalue weighted by Gasteiger charge is 2.40. The molecule has 1 aliphatic carbocycles. The number of nitrogens with one attached hydrogen (secondary N) is 1. The van der Waals surface area contributed by atoms with E-state index in [1.54, 1.807) is 16.2 Å². The lowest BCUT2D eigenvalue weighted by Crippen LogP contribution is -2.47. The Bertz CT molecular complexity index is 777. The highest BCUT2D eigenvalue weighted by molar-refractivity contribution is 7.09. The molecule has 1 atom stereocenters. The Balaban J connectivity index is 1.59. The van der Waals surface area contributed by atoms with Crippen LogP contribution < -0.4 is 5.32 Å². The number of nitrogens with zero attached hydrogens (tertiary/aromatic N) is 1. The van der Waals surface area contributed by atoms with Crippen molar-refractivity contribution in [2.75, 3.05) is 13.1 Å². The van der Waals surface area contributed by atoms with Crippen LogP contribution in [0.1, 0.15) is 46.5 Å². The maximum atomic E-state index is 13.3. The van der Waals surface area contributed by atoms with E-state index in [2.05, 4.69) is 16.8 Å². The van der Waals surface area contributed by atoms with E-state index in [1.807, 2.05) is 30.3 Å². The Kier molecular flexibility index (Phi) is 5.18. The van der Waals surface area contributed by atoms with Crippen LogP contribution in [0.3, 0.4) is 0 Å². The van der Waals surface area contributed by atoms with Gasteiger partial charge in [0.2, 0.25) is 5.91 Å². The first-order chi connectivity index (χ1) is 12.7. The Morgan fingerprint density at radius 2 is 1.96 bits per heavy atom. The Morgan fingerprint density at radius 1 is 1.12 bits per heavy atom. The van der Waals surface area contributed by atoms with Crippen LogP contribution in [0.4, 0.5) is 0 Å². The van der Waals surface area contributed by atoms with Gasteiger partial charge in [0.15, 0.2) is 0 Å². The maximum Gasteiger partial charge on any atom is 0.261 e. The van der Waals surface area contributed by atoms with Crippen molar-refractivity contribution in [2.24, 2.45) is 5.92 Å². The van der Waals surface area contributed by atoms with Crippen molar-refractivity contribution >= 4 is 23.2 Å². The van der Waals surface area contributed by atoms with Crippen LogP contribution in [0, 0.1) is 5.92 Å². The van der Waals surface area contributed by atoms with Crippen molar-refractivity contribution in [3.8, 4) is 0 Å². The molecule has 2 aliphatic rings. The SMILES string of the molecule is O=C(c1ccccc1Cc1cccs1)N(C(=O)C1CCCNC1)C1CC1. The zero-order valence-corrected chi connectivity index (χ0v) is 15.6. The lowest BCUT2D eigenvalue weighted by Gasteiger charge is -2.29. The number of amides is 2. The minimum atomic E-state index is -0.116. The number of rotatable bonds is 5. The molecule has 0 spiro atoms. The molecule has 0 bridgehead atoms. The predicted molar refractivity (Wildman–Crippen MR) is 103 cm³/mol. The summed E-state index contributed by atoms with van der Waals surface area (Å²) in [5, 5.41) is 5.34. The first-order valence-electron chi connectivity index (χ1n) is 9.42. The van der Waals surface area contributed by atoms with Crippen molar-refractivity contribution in [1.29, 1.82) is 0 Å². The van der Waals surface area contributed by atoms with Crippen molar-refractivity contribution in [3.05, 3.63) is 57.8 Å². The third-order valence-corrected chi connectivity index (χ3v) is 6.08. The molecule has 1 saturated carbocycles. The minimum absolute atomic E-state index is 0.00984. The van der Waals surface area contributed by atoms with Crippen molar-refractivity contribution < 1.29 is 9.59 Å². The van der Waals surface area contributed by atoms with E-state index in [1.165, 1.54) is 4.88 Å². The topological polar surface area (TPSA) is 49.4 Å². The van der Waals surface area contributed by atoms with Crippen LogP contribution in [0.2, 0.25) is 0 Å². The molecule has 1 saturated heterocycles. The van der Waals surface area contributed by atoms with Gasteiger partial charge < -0.3 is 5.32 Å². The summed E-state index contributed by atoms with van der Waals surface area (Å²) >= 11 is 1.69. The maximum absolute atomic E-state index is 13.3. The van der Waals surface area contributed by atoms with Crippen LogP contribution in [-0.4, -0.2) is 35.8 Å². The van der Waals surface area contributed by atoms with E-state index in [-0.39, 0.29) is 23.8 Å². The number of hydrogen-bond acceptors (Lipinski definition) is 4. The zero-order chi connectivity index (χ0) is 17.9. The summed E-state index contributed by atoms with van der Waals surface area (Å²) in [6.45, 7) is 1.65. The third-order valence-electron chi connectivity index (χ3n) is 5.21. The average Bonchev–Trinajstić information content (AvgIpc) is 3.38. The molecule has 2 aromatic rings. The van der Waals surface area contributed by atoms with Gasteiger partial charge in [-0.15, -0.1) is 11.3 Å². The first kappa shape index (κ1) is 17.4. The van der Waals surface area contributed by atoms with E-state index < -0.39 is 0 Å². The molecular formula is C21H24N2O2S. The Hall–Kier alpha value is -1.98. The molecule has 1 aliphatic heterocycles. The summed E-state index contributed by atoms with van der Waals surface area (Å²) in [6.07, 6.45) is 4.48.